The lowest BCUT2D eigenvalue weighted by Crippen LogP contribution is -2.48. The first-order valence-electron chi connectivity index (χ1n) is 6.94. The lowest BCUT2D eigenvalue weighted by molar-refractivity contribution is -0.144. The maximum absolute atomic E-state index is 11.3. The molecule has 0 bridgehead atoms. The molecule has 2 atom stereocenters. The van der Waals surface area contributed by atoms with Crippen LogP contribution in [0.3, 0.4) is 0 Å². The number of rotatable bonds is 8. The van der Waals surface area contributed by atoms with Crippen LogP contribution in [0.25, 0.3) is 0 Å². The molecule has 6 nitrogen and oxygen atoms in total. The van der Waals surface area contributed by atoms with Crippen molar-refractivity contribution in [2.24, 2.45) is 5.92 Å². The van der Waals surface area contributed by atoms with Gasteiger partial charge < -0.3 is 15.5 Å². The van der Waals surface area contributed by atoms with Gasteiger partial charge >= 0.3 is 11.9 Å². The third-order valence-electron chi connectivity index (χ3n) is 3.55. The van der Waals surface area contributed by atoms with Crippen molar-refractivity contribution in [2.75, 3.05) is 26.2 Å². The second kappa shape index (κ2) is 8.12. The highest BCUT2D eigenvalue weighted by atomic mass is 16.4. The van der Waals surface area contributed by atoms with Crippen molar-refractivity contribution in [3.05, 3.63) is 0 Å². The molecule has 2 unspecified atom stereocenters. The molecule has 0 amide bonds. The van der Waals surface area contributed by atoms with Gasteiger partial charge in [-0.1, -0.05) is 13.3 Å². The number of nitrogens with zero attached hydrogens (tertiary/aromatic N) is 1. The minimum Gasteiger partial charge on any atom is -0.480 e. The normalized spacial score (nSPS) is 22.1. The van der Waals surface area contributed by atoms with Gasteiger partial charge in [0.2, 0.25) is 0 Å². The minimum absolute atomic E-state index is 0.0339. The van der Waals surface area contributed by atoms with Crippen molar-refractivity contribution in [1.82, 2.24) is 10.2 Å². The maximum Gasteiger partial charge on any atom is 0.320 e. The molecule has 6 heteroatoms. The Morgan fingerprint density at radius 1 is 1.42 bits per heavy atom. The summed E-state index contributed by atoms with van der Waals surface area (Å²) in [5, 5.41) is 20.7. The van der Waals surface area contributed by atoms with Crippen LogP contribution in [0.15, 0.2) is 0 Å². The molecule has 0 aromatic heterocycles. The highest BCUT2D eigenvalue weighted by molar-refractivity contribution is 5.73. The van der Waals surface area contributed by atoms with Crippen LogP contribution in [-0.4, -0.2) is 59.3 Å². The number of hydrogen-bond donors (Lipinski definition) is 3. The van der Waals surface area contributed by atoms with E-state index in [2.05, 4.69) is 5.32 Å². The van der Waals surface area contributed by atoms with Crippen LogP contribution >= 0.6 is 0 Å². The van der Waals surface area contributed by atoms with Gasteiger partial charge in [0.15, 0.2) is 0 Å². The summed E-state index contributed by atoms with van der Waals surface area (Å²) in [4.78, 5) is 23.7. The van der Waals surface area contributed by atoms with Gasteiger partial charge in [0.05, 0.1) is 6.54 Å². The molecular weight excluding hydrogens is 248 g/mol. The standard InChI is InChI=1S/C13H24N2O4/c1-2-4-11(13(18)19)15-6-3-5-10(9-15)7-14-8-12(16)17/h10-11,14H,2-9H2,1H3,(H,16,17)(H,18,19). The van der Waals surface area contributed by atoms with Gasteiger partial charge in [-0.25, -0.2) is 0 Å². The second-order valence-electron chi connectivity index (χ2n) is 5.17. The Morgan fingerprint density at radius 2 is 2.16 bits per heavy atom. The summed E-state index contributed by atoms with van der Waals surface area (Å²) in [6.45, 7) is 4.16. The Hall–Kier alpha value is -1.14. The van der Waals surface area contributed by atoms with Crippen molar-refractivity contribution in [1.29, 1.82) is 0 Å². The van der Waals surface area contributed by atoms with Gasteiger partial charge in [-0.05, 0) is 38.3 Å². The number of likely N-dealkylation sites (tertiary alicyclic amines) is 1. The van der Waals surface area contributed by atoms with Crippen LogP contribution in [0, 0.1) is 5.92 Å². The lowest BCUT2D eigenvalue weighted by atomic mass is 9.95. The first-order valence-corrected chi connectivity index (χ1v) is 6.94. The van der Waals surface area contributed by atoms with Gasteiger partial charge in [-0.2, -0.15) is 0 Å². The molecule has 0 radical (unpaired) electrons. The molecule has 0 saturated carbocycles. The van der Waals surface area contributed by atoms with E-state index in [9.17, 15) is 14.7 Å². The summed E-state index contributed by atoms with van der Waals surface area (Å²) >= 11 is 0. The molecule has 0 aromatic rings. The zero-order valence-electron chi connectivity index (χ0n) is 11.5. The number of hydrogen-bond acceptors (Lipinski definition) is 4. The van der Waals surface area contributed by atoms with Crippen molar-refractivity contribution in [2.45, 2.75) is 38.6 Å². The fourth-order valence-corrected chi connectivity index (χ4v) is 2.67. The predicted molar refractivity (Wildman–Crippen MR) is 71.1 cm³/mol. The van der Waals surface area contributed by atoms with E-state index in [0.29, 0.717) is 18.9 Å². The van der Waals surface area contributed by atoms with E-state index in [1.54, 1.807) is 0 Å². The van der Waals surface area contributed by atoms with E-state index in [1.807, 2.05) is 11.8 Å². The quantitative estimate of drug-likeness (QED) is 0.600. The SMILES string of the molecule is CCCC(C(=O)O)N1CCCC(CNCC(=O)O)C1. The largest absolute Gasteiger partial charge is 0.480 e. The average Bonchev–Trinajstić information content (AvgIpc) is 2.35. The van der Waals surface area contributed by atoms with Crippen molar-refractivity contribution < 1.29 is 19.8 Å². The number of piperidine rings is 1. The molecule has 110 valence electrons. The fraction of sp³-hybridized carbons (Fsp3) is 0.846. The third-order valence-corrected chi connectivity index (χ3v) is 3.55. The molecule has 1 saturated heterocycles. The van der Waals surface area contributed by atoms with Crippen LogP contribution in [0.1, 0.15) is 32.6 Å². The van der Waals surface area contributed by atoms with Gasteiger partial charge in [0.25, 0.3) is 0 Å². The Morgan fingerprint density at radius 3 is 2.74 bits per heavy atom. The predicted octanol–water partition coefficient (Wildman–Crippen LogP) is 0.626. The Balaban J connectivity index is 2.43. The lowest BCUT2D eigenvalue weighted by Gasteiger charge is -2.36. The van der Waals surface area contributed by atoms with Crippen LogP contribution in [0.4, 0.5) is 0 Å². The highest BCUT2D eigenvalue weighted by Crippen LogP contribution is 2.20. The molecule has 1 rings (SSSR count). The topological polar surface area (TPSA) is 89.9 Å². The zero-order chi connectivity index (χ0) is 14.3. The van der Waals surface area contributed by atoms with E-state index in [1.165, 1.54) is 0 Å². The summed E-state index contributed by atoms with van der Waals surface area (Å²) in [5.41, 5.74) is 0. The van der Waals surface area contributed by atoms with Crippen molar-refractivity contribution in [3.8, 4) is 0 Å². The molecule has 1 aliphatic heterocycles. The first kappa shape index (κ1) is 15.9. The summed E-state index contributed by atoms with van der Waals surface area (Å²) < 4.78 is 0. The monoisotopic (exact) mass is 272 g/mol. The molecule has 0 aromatic carbocycles. The van der Waals surface area contributed by atoms with Crippen LogP contribution < -0.4 is 5.32 Å². The number of carbonyl (C=O) groups is 2. The molecule has 0 spiro atoms. The highest BCUT2D eigenvalue weighted by Gasteiger charge is 2.29. The van der Waals surface area contributed by atoms with Crippen LogP contribution in [0.5, 0.6) is 0 Å². The molecule has 1 aliphatic rings. The van der Waals surface area contributed by atoms with E-state index in [4.69, 9.17) is 5.11 Å². The molecular formula is C13H24N2O4. The molecule has 3 N–H and O–H groups in total. The van der Waals surface area contributed by atoms with E-state index < -0.39 is 18.0 Å². The fourth-order valence-electron chi connectivity index (χ4n) is 2.67. The molecule has 1 heterocycles. The van der Waals surface area contributed by atoms with Gasteiger partial charge in [-0.15, -0.1) is 0 Å². The summed E-state index contributed by atoms with van der Waals surface area (Å²) in [5.74, 6) is -1.27. The number of aliphatic carboxylic acids is 2. The number of nitrogens with one attached hydrogen (secondary N) is 1. The average molecular weight is 272 g/mol. The molecule has 1 fully saturated rings. The van der Waals surface area contributed by atoms with Gasteiger partial charge in [-0.3, -0.25) is 14.5 Å². The summed E-state index contributed by atoms with van der Waals surface area (Å²) in [6.07, 6.45) is 3.54. The maximum atomic E-state index is 11.3. The number of carboxylic acids is 2. The van der Waals surface area contributed by atoms with Gasteiger partial charge in [0.1, 0.15) is 6.04 Å². The summed E-state index contributed by atoms with van der Waals surface area (Å²) in [6, 6.07) is -0.396. The third kappa shape index (κ3) is 5.57. The van der Waals surface area contributed by atoms with Gasteiger partial charge in [0, 0.05) is 6.54 Å². The smallest absolute Gasteiger partial charge is 0.320 e. The van der Waals surface area contributed by atoms with E-state index in [-0.39, 0.29) is 6.54 Å². The van der Waals surface area contributed by atoms with Crippen LogP contribution in [0.2, 0.25) is 0 Å². The minimum atomic E-state index is -0.859. The Kier molecular flexibility index (Phi) is 6.80. The van der Waals surface area contributed by atoms with E-state index >= 15 is 0 Å². The first-order chi connectivity index (χ1) is 9.04. The molecule has 0 aliphatic carbocycles. The van der Waals surface area contributed by atoms with E-state index in [0.717, 1.165) is 32.4 Å². The Labute approximate surface area is 113 Å². The second-order valence-corrected chi connectivity index (χ2v) is 5.17. The number of carboxylic acid groups (broad SMARTS) is 2. The van der Waals surface area contributed by atoms with Crippen molar-refractivity contribution >= 4 is 11.9 Å². The Bertz CT molecular complexity index is 309. The van der Waals surface area contributed by atoms with Crippen molar-refractivity contribution in [3.63, 3.8) is 0 Å². The zero-order valence-corrected chi connectivity index (χ0v) is 11.5. The molecule has 19 heavy (non-hydrogen) atoms. The van der Waals surface area contributed by atoms with Crippen LogP contribution in [-0.2, 0) is 9.59 Å². The summed E-state index contributed by atoms with van der Waals surface area (Å²) in [7, 11) is 0.